The molecular formula is C27H28Cl2N2O3. The summed E-state index contributed by atoms with van der Waals surface area (Å²) in [6.45, 7) is 3.85. The number of hydrogen-bond donors (Lipinski definition) is 0. The summed E-state index contributed by atoms with van der Waals surface area (Å²) < 4.78 is 10.7. The van der Waals surface area contributed by atoms with E-state index in [9.17, 15) is 4.79 Å². The Morgan fingerprint density at radius 2 is 1.62 bits per heavy atom. The lowest BCUT2D eigenvalue weighted by molar-refractivity contribution is -0.131. The Bertz CT molecular complexity index is 1140. The lowest BCUT2D eigenvalue weighted by Gasteiger charge is -2.43. The van der Waals surface area contributed by atoms with Gasteiger partial charge in [0.15, 0.2) is 0 Å². The van der Waals surface area contributed by atoms with Gasteiger partial charge in [-0.15, -0.1) is 0 Å². The maximum Gasteiger partial charge on any atom is 0.227 e. The third-order valence-electron chi connectivity index (χ3n) is 6.17. The van der Waals surface area contributed by atoms with Gasteiger partial charge in [-0.3, -0.25) is 4.79 Å². The van der Waals surface area contributed by atoms with Crippen molar-refractivity contribution in [2.45, 2.75) is 19.4 Å². The number of ether oxygens (including phenoxy) is 2. The van der Waals surface area contributed by atoms with Crippen molar-refractivity contribution in [1.82, 2.24) is 4.90 Å². The van der Waals surface area contributed by atoms with E-state index >= 15 is 0 Å². The van der Waals surface area contributed by atoms with Crippen LogP contribution in [-0.2, 0) is 11.2 Å². The van der Waals surface area contributed by atoms with E-state index < -0.39 is 0 Å². The van der Waals surface area contributed by atoms with Gasteiger partial charge in [-0.2, -0.15) is 0 Å². The molecule has 0 radical (unpaired) electrons. The van der Waals surface area contributed by atoms with Crippen LogP contribution in [-0.4, -0.2) is 44.7 Å². The largest absolute Gasteiger partial charge is 0.497 e. The molecule has 0 spiro atoms. The first-order valence-electron chi connectivity index (χ1n) is 11.2. The molecule has 5 nitrogen and oxygen atoms in total. The number of carbonyl (C=O) groups is 1. The highest BCUT2D eigenvalue weighted by Crippen LogP contribution is 2.36. The lowest BCUT2D eigenvalue weighted by Crippen LogP contribution is -2.51. The van der Waals surface area contributed by atoms with Crippen LogP contribution in [0.2, 0.25) is 10.0 Å². The average Bonchev–Trinajstić information content (AvgIpc) is 2.84. The average molecular weight is 499 g/mol. The van der Waals surface area contributed by atoms with Crippen molar-refractivity contribution in [3.05, 3.63) is 87.4 Å². The SMILES string of the molecule is COc1cc(CC(=O)N2CCN(c3ccc(C)cc3Cl)C(c3ccc(Cl)cc3)C2)cc(OC)c1. The van der Waals surface area contributed by atoms with Gasteiger partial charge in [-0.25, -0.2) is 0 Å². The summed E-state index contributed by atoms with van der Waals surface area (Å²) in [7, 11) is 3.21. The van der Waals surface area contributed by atoms with E-state index in [1.165, 1.54) is 0 Å². The highest BCUT2D eigenvalue weighted by Gasteiger charge is 2.32. The zero-order valence-electron chi connectivity index (χ0n) is 19.6. The molecule has 178 valence electrons. The molecule has 34 heavy (non-hydrogen) atoms. The fraction of sp³-hybridized carbons (Fsp3) is 0.296. The molecule has 1 aliphatic heterocycles. The summed E-state index contributed by atoms with van der Waals surface area (Å²) in [4.78, 5) is 17.5. The number of piperazine rings is 1. The fourth-order valence-electron chi connectivity index (χ4n) is 4.37. The molecule has 0 aliphatic carbocycles. The van der Waals surface area contributed by atoms with Gasteiger partial charge in [0, 0.05) is 30.7 Å². The Morgan fingerprint density at radius 3 is 2.24 bits per heavy atom. The van der Waals surface area contributed by atoms with Gasteiger partial charge < -0.3 is 19.3 Å². The fourth-order valence-corrected chi connectivity index (χ4v) is 4.84. The van der Waals surface area contributed by atoms with Crippen molar-refractivity contribution in [2.75, 3.05) is 38.8 Å². The van der Waals surface area contributed by atoms with Gasteiger partial charge in [-0.1, -0.05) is 41.4 Å². The third kappa shape index (κ3) is 5.43. The predicted molar refractivity (Wildman–Crippen MR) is 138 cm³/mol. The van der Waals surface area contributed by atoms with Crippen molar-refractivity contribution < 1.29 is 14.3 Å². The first kappa shape index (κ1) is 24.2. The minimum Gasteiger partial charge on any atom is -0.497 e. The third-order valence-corrected chi connectivity index (χ3v) is 6.72. The van der Waals surface area contributed by atoms with Crippen molar-refractivity contribution in [1.29, 1.82) is 0 Å². The molecule has 0 saturated carbocycles. The number of aryl methyl sites for hydroxylation is 1. The first-order chi connectivity index (χ1) is 16.4. The van der Waals surface area contributed by atoms with E-state index in [-0.39, 0.29) is 18.4 Å². The maximum absolute atomic E-state index is 13.3. The second kappa shape index (κ2) is 10.6. The number of rotatable bonds is 6. The molecule has 1 saturated heterocycles. The van der Waals surface area contributed by atoms with Crippen molar-refractivity contribution in [2.24, 2.45) is 0 Å². The van der Waals surface area contributed by atoms with Crippen LogP contribution in [0.1, 0.15) is 22.7 Å². The van der Waals surface area contributed by atoms with Crippen LogP contribution in [0.4, 0.5) is 5.69 Å². The Morgan fingerprint density at radius 1 is 0.941 bits per heavy atom. The Hall–Kier alpha value is -2.89. The highest BCUT2D eigenvalue weighted by molar-refractivity contribution is 6.33. The van der Waals surface area contributed by atoms with Crippen LogP contribution < -0.4 is 14.4 Å². The molecule has 3 aromatic carbocycles. The van der Waals surface area contributed by atoms with Gasteiger partial charge in [0.1, 0.15) is 11.5 Å². The Kier molecular flexibility index (Phi) is 7.54. The minimum atomic E-state index is -0.0463. The molecule has 1 fully saturated rings. The summed E-state index contributed by atoms with van der Waals surface area (Å²) >= 11 is 12.8. The monoisotopic (exact) mass is 498 g/mol. The number of halogens is 2. The molecule has 1 amide bonds. The molecule has 0 bridgehead atoms. The molecule has 1 atom stereocenters. The van der Waals surface area contributed by atoms with Gasteiger partial charge >= 0.3 is 0 Å². The van der Waals surface area contributed by atoms with Crippen LogP contribution in [0.5, 0.6) is 11.5 Å². The maximum atomic E-state index is 13.3. The van der Waals surface area contributed by atoms with E-state index in [1.807, 2.05) is 54.3 Å². The van der Waals surface area contributed by atoms with Crippen molar-refractivity contribution in [3.63, 3.8) is 0 Å². The quantitative estimate of drug-likeness (QED) is 0.420. The van der Waals surface area contributed by atoms with Crippen molar-refractivity contribution >= 4 is 34.8 Å². The molecule has 7 heteroatoms. The van der Waals surface area contributed by atoms with Gasteiger partial charge in [0.25, 0.3) is 0 Å². The number of nitrogens with zero attached hydrogens (tertiary/aromatic N) is 2. The number of amides is 1. The minimum absolute atomic E-state index is 0.0463. The lowest BCUT2D eigenvalue weighted by atomic mass is 10.00. The molecular weight excluding hydrogens is 471 g/mol. The van der Waals surface area contributed by atoms with Crippen LogP contribution in [0, 0.1) is 6.92 Å². The molecule has 0 aromatic heterocycles. The summed E-state index contributed by atoms with van der Waals surface area (Å²) in [6, 6.07) is 19.4. The Labute approximate surface area is 210 Å². The summed E-state index contributed by atoms with van der Waals surface area (Å²) in [6.07, 6.45) is 0.270. The van der Waals surface area contributed by atoms with Crippen LogP contribution in [0.3, 0.4) is 0 Å². The van der Waals surface area contributed by atoms with E-state index in [2.05, 4.69) is 17.0 Å². The molecule has 4 rings (SSSR count). The number of methoxy groups -OCH3 is 2. The highest BCUT2D eigenvalue weighted by atomic mass is 35.5. The van der Waals surface area contributed by atoms with E-state index in [1.54, 1.807) is 20.3 Å². The van der Waals surface area contributed by atoms with Crippen LogP contribution in [0.15, 0.2) is 60.7 Å². The molecule has 1 aliphatic rings. The predicted octanol–water partition coefficient (Wildman–Crippen LogP) is 5.95. The second-order valence-corrected chi connectivity index (χ2v) is 9.30. The van der Waals surface area contributed by atoms with E-state index in [4.69, 9.17) is 32.7 Å². The summed E-state index contributed by atoms with van der Waals surface area (Å²) in [5.74, 6) is 1.39. The Balaban J connectivity index is 1.59. The van der Waals surface area contributed by atoms with Gasteiger partial charge in [0.2, 0.25) is 5.91 Å². The number of hydrogen-bond acceptors (Lipinski definition) is 4. The van der Waals surface area contributed by atoms with Gasteiger partial charge in [-0.05, 0) is 60.0 Å². The molecule has 1 unspecified atom stereocenters. The molecule has 1 heterocycles. The summed E-state index contributed by atoms with van der Waals surface area (Å²) in [5, 5.41) is 1.39. The number of carbonyl (C=O) groups excluding carboxylic acids is 1. The second-order valence-electron chi connectivity index (χ2n) is 8.45. The van der Waals surface area contributed by atoms with Crippen molar-refractivity contribution in [3.8, 4) is 11.5 Å². The van der Waals surface area contributed by atoms with Crippen LogP contribution in [0.25, 0.3) is 0 Å². The first-order valence-corrected chi connectivity index (χ1v) is 11.9. The zero-order chi connectivity index (χ0) is 24.2. The summed E-state index contributed by atoms with van der Waals surface area (Å²) in [5.41, 5.74) is 4.02. The molecule has 0 N–H and O–H groups in total. The normalized spacial score (nSPS) is 15.9. The molecule has 3 aromatic rings. The number of anilines is 1. The number of benzene rings is 3. The van der Waals surface area contributed by atoms with E-state index in [0.29, 0.717) is 41.2 Å². The topological polar surface area (TPSA) is 42.0 Å². The van der Waals surface area contributed by atoms with E-state index in [0.717, 1.165) is 22.4 Å². The smallest absolute Gasteiger partial charge is 0.227 e. The van der Waals surface area contributed by atoms with Gasteiger partial charge in [0.05, 0.1) is 37.4 Å². The van der Waals surface area contributed by atoms with Crippen LogP contribution >= 0.6 is 23.2 Å². The zero-order valence-corrected chi connectivity index (χ0v) is 21.1. The standard InChI is InChI=1S/C27H28Cl2N2O3/c1-18-4-9-25(24(29)12-18)31-11-10-30(17-26(31)20-5-7-21(28)8-6-20)27(32)15-19-13-22(33-2)16-23(14-19)34-3/h4-9,12-14,16,26H,10-11,15,17H2,1-3H3.